The van der Waals surface area contributed by atoms with Crippen molar-refractivity contribution in [1.29, 1.82) is 0 Å². The molecule has 0 saturated heterocycles. The number of imidazole rings is 1. The Balaban J connectivity index is 1.87. The van der Waals surface area contributed by atoms with Crippen molar-refractivity contribution in [3.05, 3.63) is 64.4 Å². The average Bonchev–Trinajstić information content (AvgIpc) is 3.05. The number of hydrogen-bond acceptors (Lipinski definition) is 3. The van der Waals surface area contributed by atoms with E-state index < -0.39 is 17.3 Å². The molecule has 2 aromatic carbocycles. The van der Waals surface area contributed by atoms with Crippen molar-refractivity contribution in [2.75, 3.05) is 5.75 Å². The van der Waals surface area contributed by atoms with Crippen LogP contribution in [0.25, 0.3) is 11.0 Å². The highest BCUT2D eigenvalue weighted by atomic mass is 35.5. The zero-order valence-electron chi connectivity index (χ0n) is 12.0. The van der Waals surface area contributed by atoms with E-state index in [4.69, 9.17) is 11.6 Å². The number of alkyl halides is 3. The summed E-state index contributed by atoms with van der Waals surface area (Å²) in [6.45, 7) is 0. The van der Waals surface area contributed by atoms with Gasteiger partial charge in [0.05, 0.1) is 22.3 Å². The van der Waals surface area contributed by atoms with Gasteiger partial charge in [-0.05, 0) is 47.8 Å². The molecule has 3 nitrogen and oxygen atoms in total. The van der Waals surface area contributed by atoms with E-state index >= 15 is 0 Å². The fourth-order valence-electron chi connectivity index (χ4n) is 2.79. The first kappa shape index (κ1) is 15.8. The van der Waals surface area contributed by atoms with Gasteiger partial charge in [0.1, 0.15) is 0 Å². The summed E-state index contributed by atoms with van der Waals surface area (Å²) in [6, 6.07) is 10.1. The van der Waals surface area contributed by atoms with Crippen LogP contribution in [-0.4, -0.2) is 19.8 Å². The number of halogens is 4. The molecule has 8 heteroatoms. The summed E-state index contributed by atoms with van der Waals surface area (Å²) in [5.41, 5.74) is -0.768. The van der Waals surface area contributed by atoms with E-state index in [1.807, 2.05) is 0 Å². The van der Waals surface area contributed by atoms with Crippen molar-refractivity contribution in [2.45, 2.75) is 11.8 Å². The van der Waals surface area contributed by atoms with Crippen molar-refractivity contribution in [2.24, 2.45) is 0 Å². The third-order valence-electron chi connectivity index (χ3n) is 4.03. The lowest BCUT2D eigenvalue weighted by Crippen LogP contribution is -2.28. The normalized spacial score (nSPS) is 20.5. The van der Waals surface area contributed by atoms with E-state index in [1.54, 1.807) is 28.2 Å². The molecular weight excluding hydrogens is 361 g/mol. The Bertz CT molecular complexity index is 939. The van der Waals surface area contributed by atoms with Gasteiger partial charge in [0, 0.05) is 5.02 Å². The van der Waals surface area contributed by atoms with Crippen molar-refractivity contribution >= 4 is 34.6 Å². The minimum atomic E-state index is -4.43. The predicted octanol–water partition coefficient (Wildman–Crippen LogP) is 4.45. The van der Waals surface area contributed by atoms with Gasteiger partial charge in [0.25, 0.3) is 0 Å². The molecule has 4 rings (SSSR count). The van der Waals surface area contributed by atoms with Gasteiger partial charge in [0.15, 0.2) is 11.4 Å². The van der Waals surface area contributed by atoms with E-state index in [2.05, 4.69) is 4.98 Å². The predicted molar refractivity (Wildman–Crippen MR) is 87.0 cm³/mol. The second-order valence-electron chi connectivity index (χ2n) is 5.57. The smallest absolute Gasteiger partial charge is 0.376 e. The third kappa shape index (κ3) is 2.30. The molecule has 0 spiro atoms. The van der Waals surface area contributed by atoms with Gasteiger partial charge in [-0.25, -0.2) is 4.98 Å². The van der Waals surface area contributed by atoms with Gasteiger partial charge in [0.2, 0.25) is 0 Å². The maximum atomic E-state index is 12.9. The standard InChI is InChI=1S/C16H10ClF3N2OS/c17-11-4-1-9(2-5-11)15(23)8-24-22-13-6-3-10(16(18,19)20)7-12(13)21-14(15)22/h1-7,23H,8H2. The molecule has 124 valence electrons. The molecule has 2 heterocycles. The maximum Gasteiger partial charge on any atom is 0.416 e. The van der Waals surface area contributed by atoms with Gasteiger partial charge in [-0.2, -0.15) is 13.2 Å². The Morgan fingerprint density at radius 2 is 1.88 bits per heavy atom. The molecule has 1 unspecified atom stereocenters. The topological polar surface area (TPSA) is 38.0 Å². The lowest BCUT2D eigenvalue weighted by atomic mass is 9.95. The number of aromatic nitrogens is 2. The Morgan fingerprint density at radius 1 is 1.17 bits per heavy atom. The van der Waals surface area contributed by atoms with Crippen LogP contribution >= 0.6 is 23.5 Å². The first-order valence-corrected chi connectivity index (χ1v) is 8.33. The SMILES string of the molecule is OC1(c2ccc(Cl)cc2)CSn2c1nc1cc(C(F)(F)F)ccc12. The highest BCUT2D eigenvalue weighted by molar-refractivity contribution is 7.98. The highest BCUT2D eigenvalue weighted by Gasteiger charge is 2.43. The minimum absolute atomic E-state index is 0.208. The zero-order valence-corrected chi connectivity index (χ0v) is 13.6. The van der Waals surface area contributed by atoms with Crippen molar-refractivity contribution < 1.29 is 18.3 Å². The van der Waals surface area contributed by atoms with Crippen LogP contribution in [0.15, 0.2) is 42.5 Å². The summed E-state index contributed by atoms with van der Waals surface area (Å²) in [4.78, 5) is 4.28. The molecule has 0 aliphatic carbocycles. The average molecular weight is 371 g/mol. The molecule has 1 aromatic heterocycles. The summed E-state index contributed by atoms with van der Waals surface area (Å²) in [5.74, 6) is 0.651. The molecule has 1 aliphatic heterocycles. The Morgan fingerprint density at radius 3 is 2.54 bits per heavy atom. The molecule has 3 aromatic rings. The summed E-state index contributed by atoms with van der Waals surface area (Å²) >= 11 is 7.19. The molecule has 24 heavy (non-hydrogen) atoms. The summed E-state index contributed by atoms with van der Waals surface area (Å²) in [7, 11) is 0. The van der Waals surface area contributed by atoms with Crippen molar-refractivity contribution in [3.8, 4) is 0 Å². The number of fused-ring (bicyclic) bond motifs is 3. The van der Waals surface area contributed by atoms with Crippen LogP contribution in [-0.2, 0) is 11.8 Å². The van der Waals surface area contributed by atoms with Crippen LogP contribution in [0.2, 0.25) is 5.02 Å². The third-order valence-corrected chi connectivity index (χ3v) is 5.46. The quantitative estimate of drug-likeness (QED) is 0.687. The molecule has 0 radical (unpaired) electrons. The lowest BCUT2D eigenvalue weighted by molar-refractivity contribution is -0.137. The number of benzene rings is 2. The van der Waals surface area contributed by atoms with Crippen molar-refractivity contribution in [3.63, 3.8) is 0 Å². The van der Waals surface area contributed by atoms with Crippen LogP contribution in [0.3, 0.4) is 0 Å². The van der Waals surface area contributed by atoms with E-state index in [1.165, 1.54) is 18.0 Å². The van der Waals surface area contributed by atoms with Crippen LogP contribution < -0.4 is 0 Å². The second-order valence-corrected chi connectivity index (χ2v) is 6.92. The molecule has 1 N–H and O–H groups in total. The van der Waals surface area contributed by atoms with Crippen molar-refractivity contribution in [1.82, 2.24) is 8.96 Å². The fourth-order valence-corrected chi connectivity index (χ4v) is 4.13. The first-order chi connectivity index (χ1) is 11.3. The van der Waals surface area contributed by atoms with E-state index in [-0.39, 0.29) is 5.52 Å². The first-order valence-electron chi connectivity index (χ1n) is 7.01. The zero-order chi connectivity index (χ0) is 17.1. The summed E-state index contributed by atoms with van der Waals surface area (Å²) in [6.07, 6.45) is -4.43. The van der Waals surface area contributed by atoms with Crippen LogP contribution in [0.4, 0.5) is 13.2 Å². The molecule has 1 atom stereocenters. The summed E-state index contributed by atoms with van der Waals surface area (Å²) < 4.78 is 40.3. The Hall–Kier alpha value is -1.70. The number of rotatable bonds is 1. The molecular formula is C16H10ClF3N2OS. The van der Waals surface area contributed by atoms with Gasteiger partial charge in [-0.1, -0.05) is 23.7 Å². The molecule has 0 saturated carbocycles. The number of nitrogens with zero attached hydrogens (tertiary/aromatic N) is 2. The number of hydrogen-bond donors (Lipinski definition) is 1. The maximum absolute atomic E-state index is 12.9. The monoisotopic (exact) mass is 370 g/mol. The molecule has 1 aliphatic rings. The van der Waals surface area contributed by atoms with E-state index in [0.29, 0.717) is 27.7 Å². The molecule has 0 fully saturated rings. The van der Waals surface area contributed by atoms with Gasteiger partial charge >= 0.3 is 6.18 Å². The Kier molecular flexibility index (Phi) is 3.39. The Labute approximate surface area is 144 Å². The van der Waals surface area contributed by atoms with Gasteiger partial charge in [-0.15, -0.1) is 0 Å². The fraction of sp³-hybridized carbons (Fsp3) is 0.188. The van der Waals surface area contributed by atoms with E-state index in [9.17, 15) is 18.3 Å². The van der Waals surface area contributed by atoms with Crippen LogP contribution in [0, 0.1) is 0 Å². The molecule has 0 amide bonds. The van der Waals surface area contributed by atoms with Crippen LogP contribution in [0.1, 0.15) is 17.0 Å². The summed E-state index contributed by atoms with van der Waals surface area (Å²) in [5, 5.41) is 11.6. The van der Waals surface area contributed by atoms with Gasteiger partial charge < -0.3 is 5.11 Å². The van der Waals surface area contributed by atoms with Gasteiger partial charge in [-0.3, -0.25) is 3.97 Å². The molecule has 0 bridgehead atoms. The minimum Gasteiger partial charge on any atom is -0.376 e. The largest absolute Gasteiger partial charge is 0.416 e. The lowest BCUT2D eigenvalue weighted by Gasteiger charge is -2.20. The number of aliphatic hydroxyl groups is 1. The second kappa shape index (κ2) is 5.15. The highest BCUT2D eigenvalue weighted by Crippen LogP contribution is 2.43. The van der Waals surface area contributed by atoms with E-state index in [0.717, 1.165) is 12.1 Å². The van der Waals surface area contributed by atoms with Crippen LogP contribution in [0.5, 0.6) is 0 Å².